The highest BCUT2D eigenvalue weighted by Gasteiger charge is 2.20. The van der Waals surface area contributed by atoms with Gasteiger partial charge in [-0.1, -0.05) is 19.6 Å². The van der Waals surface area contributed by atoms with Gasteiger partial charge in [0.15, 0.2) is 0 Å². The molecule has 0 saturated carbocycles. The number of ether oxygens (including phenoxy) is 1. The van der Waals surface area contributed by atoms with Gasteiger partial charge in [0.25, 0.3) is 5.91 Å². The van der Waals surface area contributed by atoms with Crippen molar-refractivity contribution in [2.75, 3.05) is 16.8 Å². The van der Waals surface area contributed by atoms with Crippen molar-refractivity contribution in [2.24, 2.45) is 0 Å². The van der Waals surface area contributed by atoms with E-state index in [2.05, 4.69) is 17.0 Å². The number of rotatable bonds is 6. The molecule has 7 heteroatoms. The summed E-state index contributed by atoms with van der Waals surface area (Å²) in [6.45, 7) is 9.11. The number of benzene rings is 1. The van der Waals surface area contributed by atoms with Crippen molar-refractivity contribution in [3.63, 3.8) is 0 Å². The van der Waals surface area contributed by atoms with Crippen LogP contribution in [-0.4, -0.2) is 28.2 Å². The zero-order chi connectivity index (χ0) is 19.4. The topological polar surface area (TPSA) is 76.5 Å². The second-order valence-electron chi connectivity index (χ2n) is 6.43. The molecule has 2 amide bonds. The van der Waals surface area contributed by atoms with E-state index in [1.807, 2.05) is 29.8 Å². The number of nitrogens with one attached hydrogen (secondary N) is 1. The molecule has 0 fully saturated rings. The minimum absolute atomic E-state index is 0.0784. The molecule has 1 aliphatic heterocycles. The molecule has 0 radical (unpaired) electrons. The van der Waals surface area contributed by atoms with Crippen LogP contribution in [0.2, 0.25) is 0 Å². The summed E-state index contributed by atoms with van der Waals surface area (Å²) in [5.74, 6) is 0.414. The van der Waals surface area contributed by atoms with Gasteiger partial charge in [-0.25, -0.2) is 4.68 Å². The summed E-state index contributed by atoms with van der Waals surface area (Å²) >= 11 is 0. The molecular formula is C20H24N4O3. The quantitative estimate of drug-likeness (QED) is 0.795. The van der Waals surface area contributed by atoms with Gasteiger partial charge >= 0.3 is 0 Å². The number of carbonyl (C=O) groups is 2. The lowest BCUT2D eigenvalue weighted by atomic mass is 10.1. The van der Waals surface area contributed by atoms with E-state index in [0.29, 0.717) is 30.9 Å². The van der Waals surface area contributed by atoms with E-state index >= 15 is 0 Å². The standard InChI is InChI=1S/C20H24N4O3/c1-4-18(25)21-15-8-7-14(3)17(11-15)23(19(26)5-2)13-16-12-20-24(22-16)9-6-10-27-20/h5,7-8,11-12H,2,4,6,9-10,13H2,1,3H3,(H,21,25). The Morgan fingerprint density at radius 3 is 2.93 bits per heavy atom. The Kier molecular flexibility index (Phi) is 5.59. The van der Waals surface area contributed by atoms with Crippen molar-refractivity contribution in [3.05, 3.63) is 48.2 Å². The minimum atomic E-state index is -0.232. The maximum Gasteiger partial charge on any atom is 0.250 e. The normalized spacial score (nSPS) is 12.7. The molecule has 0 spiro atoms. The summed E-state index contributed by atoms with van der Waals surface area (Å²) in [5.41, 5.74) is 3.02. The molecule has 0 bridgehead atoms. The molecule has 1 aromatic heterocycles. The molecule has 27 heavy (non-hydrogen) atoms. The molecule has 1 aliphatic rings. The lowest BCUT2D eigenvalue weighted by molar-refractivity contribution is -0.116. The summed E-state index contributed by atoms with van der Waals surface area (Å²) in [7, 11) is 0. The fourth-order valence-electron chi connectivity index (χ4n) is 2.98. The average molecular weight is 368 g/mol. The Morgan fingerprint density at radius 2 is 2.22 bits per heavy atom. The van der Waals surface area contributed by atoms with E-state index in [0.717, 1.165) is 30.1 Å². The van der Waals surface area contributed by atoms with Crippen LogP contribution < -0.4 is 15.0 Å². The fraction of sp³-hybridized carbons (Fsp3) is 0.350. The Labute approximate surface area is 158 Å². The third-order valence-electron chi connectivity index (χ3n) is 4.42. The molecule has 0 aliphatic carbocycles. The van der Waals surface area contributed by atoms with Crippen LogP contribution in [0, 0.1) is 6.92 Å². The summed E-state index contributed by atoms with van der Waals surface area (Å²) in [6.07, 6.45) is 2.59. The molecule has 2 heterocycles. The molecule has 1 aromatic carbocycles. The van der Waals surface area contributed by atoms with Crippen molar-refractivity contribution >= 4 is 23.2 Å². The van der Waals surface area contributed by atoms with Gasteiger partial charge in [-0.3, -0.25) is 9.59 Å². The second kappa shape index (κ2) is 8.07. The highest BCUT2D eigenvalue weighted by molar-refractivity contribution is 6.02. The number of carbonyl (C=O) groups excluding carboxylic acids is 2. The van der Waals surface area contributed by atoms with Crippen LogP contribution in [0.4, 0.5) is 11.4 Å². The van der Waals surface area contributed by atoms with Crippen molar-refractivity contribution in [2.45, 2.75) is 39.8 Å². The molecule has 2 aromatic rings. The number of hydrogen-bond donors (Lipinski definition) is 1. The van der Waals surface area contributed by atoms with Crippen LogP contribution in [0.5, 0.6) is 5.88 Å². The maximum atomic E-state index is 12.6. The van der Waals surface area contributed by atoms with E-state index in [4.69, 9.17) is 4.74 Å². The predicted octanol–water partition coefficient (Wildman–Crippen LogP) is 3.04. The zero-order valence-electron chi connectivity index (χ0n) is 15.7. The number of hydrogen-bond acceptors (Lipinski definition) is 4. The van der Waals surface area contributed by atoms with Crippen molar-refractivity contribution in [1.82, 2.24) is 9.78 Å². The Bertz CT molecular complexity index is 849. The molecule has 3 rings (SSSR count). The first-order chi connectivity index (χ1) is 13.0. The highest BCUT2D eigenvalue weighted by Crippen LogP contribution is 2.27. The molecular weight excluding hydrogens is 344 g/mol. The maximum absolute atomic E-state index is 12.6. The monoisotopic (exact) mass is 368 g/mol. The third-order valence-corrected chi connectivity index (χ3v) is 4.42. The smallest absolute Gasteiger partial charge is 0.250 e. The van der Waals surface area contributed by atoms with Crippen LogP contribution in [0.3, 0.4) is 0 Å². The Hall–Kier alpha value is -3.09. The summed E-state index contributed by atoms with van der Waals surface area (Å²) < 4.78 is 7.43. The van der Waals surface area contributed by atoms with Crippen LogP contribution in [0.1, 0.15) is 31.0 Å². The SMILES string of the molecule is C=CC(=O)N(Cc1cc2n(n1)CCCO2)c1cc(NC(=O)CC)ccc1C. The van der Waals surface area contributed by atoms with Crippen LogP contribution in [0.15, 0.2) is 36.9 Å². The van der Waals surface area contributed by atoms with Gasteiger partial charge in [0, 0.05) is 36.8 Å². The molecule has 1 N–H and O–H groups in total. The summed E-state index contributed by atoms with van der Waals surface area (Å²) in [4.78, 5) is 25.9. The number of amides is 2. The molecule has 0 atom stereocenters. The number of fused-ring (bicyclic) bond motifs is 1. The van der Waals surface area contributed by atoms with Gasteiger partial charge in [0.1, 0.15) is 0 Å². The lowest BCUT2D eigenvalue weighted by Gasteiger charge is -2.23. The minimum Gasteiger partial charge on any atom is -0.478 e. The van der Waals surface area contributed by atoms with Crippen LogP contribution in [0.25, 0.3) is 0 Å². The van der Waals surface area contributed by atoms with Gasteiger partial charge in [-0.15, -0.1) is 0 Å². The van der Waals surface area contributed by atoms with E-state index in [9.17, 15) is 9.59 Å². The number of nitrogens with zero attached hydrogens (tertiary/aromatic N) is 3. The second-order valence-corrected chi connectivity index (χ2v) is 6.43. The molecule has 142 valence electrons. The summed E-state index contributed by atoms with van der Waals surface area (Å²) in [5, 5.41) is 7.37. The van der Waals surface area contributed by atoms with Crippen molar-refractivity contribution in [3.8, 4) is 5.88 Å². The van der Waals surface area contributed by atoms with E-state index < -0.39 is 0 Å². The van der Waals surface area contributed by atoms with Crippen LogP contribution >= 0.6 is 0 Å². The third kappa shape index (κ3) is 4.19. The van der Waals surface area contributed by atoms with Crippen molar-refractivity contribution in [1.29, 1.82) is 0 Å². The number of aryl methyl sites for hydroxylation is 2. The number of aromatic nitrogens is 2. The molecule has 0 saturated heterocycles. The van der Waals surface area contributed by atoms with E-state index in [-0.39, 0.29) is 11.8 Å². The zero-order valence-corrected chi connectivity index (χ0v) is 15.7. The Balaban J connectivity index is 1.91. The van der Waals surface area contributed by atoms with E-state index in [1.165, 1.54) is 6.08 Å². The lowest BCUT2D eigenvalue weighted by Crippen LogP contribution is -2.29. The van der Waals surface area contributed by atoms with Gasteiger partial charge in [-0.2, -0.15) is 5.10 Å². The predicted molar refractivity (Wildman–Crippen MR) is 104 cm³/mol. The first kappa shape index (κ1) is 18.7. The first-order valence-corrected chi connectivity index (χ1v) is 9.05. The fourth-order valence-corrected chi connectivity index (χ4v) is 2.98. The highest BCUT2D eigenvalue weighted by atomic mass is 16.5. The van der Waals surface area contributed by atoms with Gasteiger partial charge in [0.05, 0.1) is 18.8 Å². The van der Waals surface area contributed by atoms with Gasteiger partial charge in [-0.05, 0) is 30.7 Å². The van der Waals surface area contributed by atoms with Crippen molar-refractivity contribution < 1.29 is 14.3 Å². The van der Waals surface area contributed by atoms with Crippen LogP contribution in [-0.2, 0) is 22.7 Å². The Morgan fingerprint density at radius 1 is 1.41 bits per heavy atom. The average Bonchev–Trinajstić information content (AvgIpc) is 3.09. The van der Waals surface area contributed by atoms with Gasteiger partial charge < -0.3 is 15.0 Å². The number of anilines is 2. The molecule has 0 unspecified atom stereocenters. The largest absolute Gasteiger partial charge is 0.478 e. The summed E-state index contributed by atoms with van der Waals surface area (Å²) in [6, 6.07) is 7.37. The molecule has 7 nitrogen and oxygen atoms in total. The van der Waals surface area contributed by atoms with Gasteiger partial charge in [0.2, 0.25) is 11.8 Å². The first-order valence-electron chi connectivity index (χ1n) is 9.05. The van der Waals surface area contributed by atoms with E-state index in [1.54, 1.807) is 17.9 Å².